The first-order chi connectivity index (χ1) is 7.45. The van der Waals surface area contributed by atoms with Crippen LogP contribution >= 0.6 is 34.0 Å². The van der Waals surface area contributed by atoms with E-state index in [0.29, 0.717) is 0 Å². The van der Waals surface area contributed by atoms with Gasteiger partial charge in [0, 0.05) is 26.2 Å². The zero-order valence-corrected chi connectivity index (χ0v) is 15.6. The summed E-state index contributed by atoms with van der Waals surface area (Å²) in [6.45, 7) is 0. The predicted octanol–water partition coefficient (Wildman–Crippen LogP) is 5.38. The number of hydrogen-bond donors (Lipinski definition) is 0. The number of hydrogen-bond acceptors (Lipinski definition) is 0. The largest absolute Gasteiger partial charge is 0.129 e. The molecule has 0 heterocycles. The summed E-state index contributed by atoms with van der Waals surface area (Å²) in [5, 5.41) is 2.65. The molecule has 0 bridgehead atoms. The van der Waals surface area contributed by atoms with E-state index in [1.807, 2.05) is 0 Å². The fourth-order valence-corrected chi connectivity index (χ4v) is 2.02. The Morgan fingerprint density at radius 2 is 1.28 bits per heavy atom. The monoisotopic (exact) mass is 441 g/mol. The molecule has 0 atom stereocenters. The van der Waals surface area contributed by atoms with Crippen LogP contribution in [-0.2, 0) is 26.2 Å². The number of rotatable bonds is 1. The van der Waals surface area contributed by atoms with Crippen LogP contribution in [-0.4, -0.2) is 0 Å². The van der Waals surface area contributed by atoms with Crippen molar-refractivity contribution in [2.24, 2.45) is 0 Å². The van der Waals surface area contributed by atoms with Crippen molar-refractivity contribution in [3.63, 3.8) is 0 Å². The Morgan fingerprint density at radius 1 is 0.667 bits per heavy atom. The van der Waals surface area contributed by atoms with Gasteiger partial charge in [0.2, 0.25) is 0 Å². The van der Waals surface area contributed by atoms with Gasteiger partial charge in [-0.1, -0.05) is 52.7 Å². The van der Waals surface area contributed by atoms with Crippen LogP contribution in [0.3, 0.4) is 0 Å². The van der Waals surface area contributed by atoms with Gasteiger partial charge >= 0.3 is 0 Å². The summed E-state index contributed by atoms with van der Waals surface area (Å²) in [4.78, 5) is 0. The predicted molar refractivity (Wildman–Crippen MR) is 85.6 cm³/mol. The maximum Gasteiger partial charge on any atom is 0 e. The van der Waals surface area contributed by atoms with Gasteiger partial charge in [0.15, 0.2) is 0 Å². The smallest absolute Gasteiger partial charge is 0 e. The normalized spacial score (nSPS) is 8.89. The van der Waals surface area contributed by atoms with Crippen molar-refractivity contribution in [2.75, 3.05) is 0 Å². The van der Waals surface area contributed by atoms with Crippen molar-refractivity contribution in [2.45, 2.75) is 0 Å². The second-order valence-electron chi connectivity index (χ2n) is 3.70. The molecule has 3 heteroatoms. The third kappa shape index (κ3) is 3.47. The molecule has 0 aromatic heterocycles. The SMILES string of the molecule is Br.Br.[Zr].c1ccc(-[c-]2ccc3ccccc32)cc1. The van der Waals surface area contributed by atoms with Crippen LogP contribution in [0.1, 0.15) is 0 Å². The molecule has 0 saturated heterocycles. The molecule has 3 aromatic carbocycles. The number of fused-ring (bicyclic) bond motifs is 1. The summed E-state index contributed by atoms with van der Waals surface area (Å²) in [6.07, 6.45) is 0. The molecular weight excluding hydrogens is 431 g/mol. The summed E-state index contributed by atoms with van der Waals surface area (Å²) in [7, 11) is 0. The molecule has 0 saturated carbocycles. The molecule has 0 aliphatic rings. The Labute approximate surface area is 147 Å². The molecule has 0 N–H and O–H groups in total. The van der Waals surface area contributed by atoms with E-state index in [4.69, 9.17) is 0 Å². The van der Waals surface area contributed by atoms with Gasteiger partial charge in [-0.2, -0.15) is 0 Å². The third-order valence-electron chi connectivity index (χ3n) is 2.77. The van der Waals surface area contributed by atoms with Crippen molar-refractivity contribution in [3.05, 3.63) is 66.7 Å². The van der Waals surface area contributed by atoms with E-state index in [9.17, 15) is 0 Å². The van der Waals surface area contributed by atoms with E-state index in [2.05, 4.69) is 66.7 Å². The molecule has 0 aliphatic heterocycles. The fourth-order valence-electron chi connectivity index (χ4n) is 2.02. The van der Waals surface area contributed by atoms with Gasteiger partial charge in [0.1, 0.15) is 0 Å². The van der Waals surface area contributed by atoms with E-state index in [1.54, 1.807) is 0 Å². The van der Waals surface area contributed by atoms with Gasteiger partial charge in [-0.15, -0.1) is 69.9 Å². The van der Waals surface area contributed by atoms with Crippen molar-refractivity contribution >= 4 is 44.7 Å². The second kappa shape index (κ2) is 8.14. The Bertz CT molecular complexity index is 588. The summed E-state index contributed by atoms with van der Waals surface area (Å²) >= 11 is 0. The Hall–Kier alpha value is -0.107. The van der Waals surface area contributed by atoms with Crippen LogP contribution in [0.5, 0.6) is 0 Å². The fraction of sp³-hybridized carbons (Fsp3) is 0. The first kappa shape index (κ1) is 17.9. The van der Waals surface area contributed by atoms with Crippen molar-refractivity contribution in [3.8, 4) is 11.1 Å². The summed E-state index contributed by atoms with van der Waals surface area (Å²) in [6, 6.07) is 23.4. The molecule has 0 aliphatic carbocycles. The van der Waals surface area contributed by atoms with Gasteiger partial charge in [0.25, 0.3) is 0 Å². The van der Waals surface area contributed by atoms with Gasteiger partial charge < -0.3 is 0 Å². The minimum atomic E-state index is 0. The van der Waals surface area contributed by atoms with Crippen molar-refractivity contribution in [1.29, 1.82) is 0 Å². The van der Waals surface area contributed by atoms with E-state index in [-0.39, 0.29) is 60.2 Å². The molecule has 0 fully saturated rings. The average Bonchev–Trinajstić information content (AvgIpc) is 2.74. The Morgan fingerprint density at radius 3 is 2.00 bits per heavy atom. The van der Waals surface area contributed by atoms with Crippen LogP contribution in [0.4, 0.5) is 0 Å². The first-order valence-corrected chi connectivity index (χ1v) is 5.15. The average molecular weight is 444 g/mol. The molecule has 3 aromatic rings. The Balaban J connectivity index is 0.000000963. The maximum atomic E-state index is 2.19. The number of halogens is 2. The molecule has 0 unspecified atom stereocenters. The van der Waals surface area contributed by atoms with E-state index in [0.717, 1.165) is 0 Å². The third-order valence-corrected chi connectivity index (χ3v) is 2.77. The zero-order chi connectivity index (χ0) is 10.1. The maximum absolute atomic E-state index is 2.19. The molecule has 0 radical (unpaired) electrons. The summed E-state index contributed by atoms with van der Waals surface area (Å²) in [5.41, 5.74) is 2.62. The minimum Gasteiger partial charge on any atom is -0.129 e. The van der Waals surface area contributed by atoms with Gasteiger partial charge in [-0.05, 0) is 0 Å². The summed E-state index contributed by atoms with van der Waals surface area (Å²) in [5.74, 6) is 0. The quantitative estimate of drug-likeness (QED) is 0.443. The second-order valence-corrected chi connectivity index (χ2v) is 3.70. The molecule has 3 rings (SSSR count). The van der Waals surface area contributed by atoms with E-state index in [1.165, 1.54) is 21.9 Å². The topological polar surface area (TPSA) is 0 Å². The van der Waals surface area contributed by atoms with Gasteiger partial charge in [0.05, 0.1) is 0 Å². The van der Waals surface area contributed by atoms with Crippen LogP contribution < -0.4 is 0 Å². The first-order valence-electron chi connectivity index (χ1n) is 5.15. The Kier molecular flexibility index (Phi) is 8.09. The molecular formula is C15H13Br2Zr-. The minimum absolute atomic E-state index is 0. The van der Waals surface area contributed by atoms with Gasteiger partial charge in [-0.3, -0.25) is 0 Å². The summed E-state index contributed by atoms with van der Waals surface area (Å²) < 4.78 is 0. The number of benzene rings is 2. The molecule has 0 spiro atoms. The van der Waals surface area contributed by atoms with Crippen LogP contribution in [0.2, 0.25) is 0 Å². The molecule has 92 valence electrons. The van der Waals surface area contributed by atoms with Crippen LogP contribution in [0.15, 0.2) is 66.7 Å². The standard InChI is InChI=1S/C15H11.2BrH.Zr/c1-2-6-12(7-3-1)15-11-10-13-8-4-5-9-14(13)15;;;/h1-11H;2*1H;/q-1;;;. The molecule has 18 heavy (non-hydrogen) atoms. The van der Waals surface area contributed by atoms with E-state index >= 15 is 0 Å². The van der Waals surface area contributed by atoms with Crippen LogP contribution in [0.25, 0.3) is 21.9 Å². The van der Waals surface area contributed by atoms with Crippen molar-refractivity contribution in [1.82, 2.24) is 0 Å². The molecule has 0 nitrogen and oxygen atoms in total. The van der Waals surface area contributed by atoms with Crippen molar-refractivity contribution < 1.29 is 26.2 Å². The van der Waals surface area contributed by atoms with E-state index < -0.39 is 0 Å². The van der Waals surface area contributed by atoms with Gasteiger partial charge in [-0.25, -0.2) is 0 Å². The molecule has 0 amide bonds. The van der Waals surface area contributed by atoms with Crippen LogP contribution in [0, 0.1) is 0 Å². The zero-order valence-electron chi connectivity index (χ0n) is 9.67.